The molecule has 0 spiro atoms. The van der Waals surface area contributed by atoms with Gasteiger partial charge in [-0.05, 0) is 15.9 Å². The van der Waals surface area contributed by atoms with E-state index in [0.29, 0.717) is 29.9 Å². The van der Waals surface area contributed by atoms with Crippen LogP contribution >= 0.6 is 15.9 Å². The van der Waals surface area contributed by atoms with Crippen LogP contribution in [0.3, 0.4) is 0 Å². The van der Waals surface area contributed by atoms with Crippen molar-refractivity contribution >= 4 is 21.6 Å². The van der Waals surface area contributed by atoms with Gasteiger partial charge in [0.15, 0.2) is 0 Å². The van der Waals surface area contributed by atoms with E-state index >= 15 is 0 Å². The quantitative estimate of drug-likeness (QED) is 0.635. The molecule has 7 heteroatoms. The third-order valence-electron chi connectivity index (χ3n) is 1.59. The largest absolute Gasteiger partial charge is 0.394 e. The highest BCUT2D eigenvalue weighted by molar-refractivity contribution is 9.10. The zero-order chi connectivity index (χ0) is 11.1. The van der Waals surface area contributed by atoms with Crippen molar-refractivity contribution < 1.29 is 9.84 Å². The summed E-state index contributed by atoms with van der Waals surface area (Å²) in [5, 5.41) is 17.4. The molecule has 0 aromatic carbocycles. The van der Waals surface area contributed by atoms with Gasteiger partial charge in [0, 0.05) is 6.54 Å². The number of halogens is 1. The molecule has 1 rings (SSSR count). The van der Waals surface area contributed by atoms with Crippen LogP contribution in [0.1, 0.15) is 0 Å². The number of rotatable bonds is 6. The van der Waals surface area contributed by atoms with Gasteiger partial charge in [-0.3, -0.25) is 4.79 Å². The summed E-state index contributed by atoms with van der Waals surface area (Å²) < 4.78 is 5.46. The molecule has 0 atom stereocenters. The Morgan fingerprint density at radius 3 is 3.13 bits per heavy atom. The minimum absolute atomic E-state index is 0.0102. The van der Waals surface area contributed by atoms with Crippen molar-refractivity contribution in [3.8, 4) is 0 Å². The SMILES string of the molecule is O=c1[nH]ncc(NCCOCCO)c1Br. The molecule has 0 amide bonds. The van der Waals surface area contributed by atoms with E-state index in [9.17, 15) is 4.79 Å². The Hall–Kier alpha value is -0.920. The lowest BCUT2D eigenvalue weighted by Gasteiger charge is -2.06. The smallest absolute Gasteiger partial charge is 0.280 e. The van der Waals surface area contributed by atoms with Crippen LogP contribution in [-0.4, -0.2) is 41.7 Å². The van der Waals surface area contributed by atoms with Crippen molar-refractivity contribution in [1.29, 1.82) is 0 Å². The Bertz CT molecular complexity index is 355. The first-order valence-corrected chi connectivity index (χ1v) is 5.20. The molecule has 0 saturated carbocycles. The molecular formula is C8H12BrN3O3. The van der Waals surface area contributed by atoms with E-state index in [1.54, 1.807) is 0 Å². The van der Waals surface area contributed by atoms with Crippen LogP contribution < -0.4 is 10.9 Å². The van der Waals surface area contributed by atoms with Gasteiger partial charge in [-0.25, -0.2) is 5.10 Å². The number of aromatic nitrogens is 2. The van der Waals surface area contributed by atoms with Crippen LogP contribution in [0.5, 0.6) is 0 Å². The molecule has 3 N–H and O–H groups in total. The number of nitrogens with zero attached hydrogens (tertiary/aromatic N) is 1. The van der Waals surface area contributed by atoms with Gasteiger partial charge in [-0.2, -0.15) is 5.10 Å². The zero-order valence-electron chi connectivity index (χ0n) is 7.99. The lowest BCUT2D eigenvalue weighted by Crippen LogP contribution is -2.15. The molecular weight excluding hydrogens is 266 g/mol. The minimum atomic E-state index is -0.281. The number of anilines is 1. The minimum Gasteiger partial charge on any atom is -0.394 e. The molecule has 0 aliphatic rings. The maximum absolute atomic E-state index is 11.1. The number of ether oxygens (including phenoxy) is 1. The Morgan fingerprint density at radius 2 is 2.40 bits per heavy atom. The maximum Gasteiger partial charge on any atom is 0.280 e. The Morgan fingerprint density at radius 1 is 1.60 bits per heavy atom. The van der Waals surface area contributed by atoms with Crippen LogP contribution in [0.2, 0.25) is 0 Å². The molecule has 0 bridgehead atoms. The standard InChI is InChI=1S/C8H12BrN3O3/c9-7-6(5-11-12-8(7)14)10-1-3-15-4-2-13/h5,13H,1-4H2,(H2,10,12,14). The molecule has 0 radical (unpaired) electrons. The molecule has 1 aromatic heterocycles. The third kappa shape index (κ3) is 3.98. The lowest BCUT2D eigenvalue weighted by atomic mass is 10.4. The van der Waals surface area contributed by atoms with Crippen molar-refractivity contribution in [1.82, 2.24) is 10.2 Å². The highest BCUT2D eigenvalue weighted by atomic mass is 79.9. The van der Waals surface area contributed by atoms with Gasteiger partial charge >= 0.3 is 0 Å². The molecule has 15 heavy (non-hydrogen) atoms. The summed E-state index contributed by atoms with van der Waals surface area (Å²) in [6.45, 7) is 1.33. The van der Waals surface area contributed by atoms with Gasteiger partial charge in [0.1, 0.15) is 4.47 Å². The molecule has 0 aliphatic carbocycles. The van der Waals surface area contributed by atoms with Crippen molar-refractivity contribution in [2.45, 2.75) is 0 Å². The number of aromatic amines is 1. The van der Waals surface area contributed by atoms with E-state index in [2.05, 4.69) is 31.4 Å². The van der Waals surface area contributed by atoms with Gasteiger partial charge in [0.05, 0.1) is 31.7 Å². The van der Waals surface area contributed by atoms with E-state index in [1.165, 1.54) is 6.20 Å². The van der Waals surface area contributed by atoms with E-state index in [-0.39, 0.29) is 12.2 Å². The normalized spacial score (nSPS) is 10.3. The zero-order valence-corrected chi connectivity index (χ0v) is 9.58. The van der Waals surface area contributed by atoms with E-state index < -0.39 is 0 Å². The summed E-state index contributed by atoms with van der Waals surface area (Å²) in [4.78, 5) is 11.1. The number of aliphatic hydroxyl groups is 1. The highest BCUT2D eigenvalue weighted by Crippen LogP contribution is 2.14. The number of H-pyrrole nitrogens is 1. The van der Waals surface area contributed by atoms with Gasteiger partial charge in [0.2, 0.25) is 0 Å². The number of nitrogens with one attached hydrogen (secondary N) is 2. The first-order valence-electron chi connectivity index (χ1n) is 4.41. The molecule has 1 heterocycles. The number of hydrogen-bond donors (Lipinski definition) is 3. The van der Waals surface area contributed by atoms with Gasteiger partial charge < -0.3 is 15.2 Å². The fourth-order valence-electron chi connectivity index (χ4n) is 0.931. The van der Waals surface area contributed by atoms with Crippen LogP contribution in [0.4, 0.5) is 5.69 Å². The predicted molar refractivity (Wildman–Crippen MR) is 59.0 cm³/mol. The van der Waals surface area contributed by atoms with E-state index in [4.69, 9.17) is 9.84 Å². The molecule has 0 fully saturated rings. The van der Waals surface area contributed by atoms with Crippen molar-refractivity contribution in [3.63, 3.8) is 0 Å². The van der Waals surface area contributed by atoms with Crippen molar-refractivity contribution in [2.24, 2.45) is 0 Å². The summed E-state index contributed by atoms with van der Waals surface area (Å²) in [5.74, 6) is 0. The van der Waals surface area contributed by atoms with Crippen molar-refractivity contribution in [3.05, 3.63) is 21.0 Å². The highest BCUT2D eigenvalue weighted by Gasteiger charge is 2.02. The van der Waals surface area contributed by atoms with Gasteiger partial charge in [-0.1, -0.05) is 0 Å². The van der Waals surface area contributed by atoms with Gasteiger partial charge in [-0.15, -0.1) is 0 Å². The van der Waals surface area contributed by atoms with Crippen LogP contribution in [0, 0.1) is 0 Å². The molecule has 0 saturated heterocycles. The third-order valence-corrected chi connectivity index (χ3v) is 2.38. The second-order valence-electron chi connectivity index (χ2n) is 2.69. The Labute approximate surface area is 94.8 Å². The van der Waals surface area contributed by atoms with Crippen LogP contribution in [-0.2, 0) is 4.74 Å². The fourth-order valence-corrected chi connectivity index (χ4v) is 1.26. The predicted octanol–water partition coefficient (Wildman–Crippen LogP) is -0.0468. The fraction of sp³-hybridized carbons (Fsp3) is 0.500. The molecule has 0 unspecified atom stereocenters. The summed E-state index contributed by atoms with van der Waals surface area (Å²) in [7, 11) is 0. The maximum atomic E-state index is 11.1. The summed E-state index contributed by atoms with van der Waals surface area (Å²) in [6.07, 6.45) is 1.51. The van der Waals surface area contributed by atoms with Crippen LogP contribution in [0.25, 0.3) is 0 Å². The molecule has 1 aromatic rings. The lowest BCUT2D eigenvalue weighted by molar-refractivity contribution is 0.0992. The summed E-state index contributed by atoms with van der Waals surface area (Å²) >= 11 is 3.14. The second kappa shape index (κ2) is 6.54. The summed E-state index contributed by atoms with van der Waals surface area (Å²) in [6, 6.07) is 0. The van der Waals surface area contributed by atoms with Crippen LogP contribution in [0.15, 0.2) is 15.5 Å². The first-order chi connectivity index (χ1) is 7.25. The summed E-state index contributed by atoms with van der Waals surface area (Å²) in [5.41, 5.74) is 0.336. The first kappa shape index (κ1) is 12.2. The average Bonchev–Trinajstić information content (AvgIpc) is 2.24. The molecule has 84 valence electrons. The number of hydrogen-bond acceptors (Lipinski definition) is 5. The van der Waals surface area contributed by atoms with Crippen molar-refractivity contribution in [2.75, 3.05) is 31.7 Å². The van der Waals surface area contributed by atoms with Gasteiger partial charge in [0.25, 0.3) is 5.56 Å². The Kier molecular flexibility index (Phi) is 5.30. The Balaban J connectivity index is 2.38. The topological polar surface area (TPSA) is 87.2 Å². The molecule has 6 nitrogen and oxygen atoms in total. The monoisotopic (exact) mass is 277 g/mol. The second-order valence-corrected chi connectivity index (χ2v) is 3.48. The van der Waals surface area contributed by atoms with E-state index in [0.717, 1.165) is 0 Å². The number of aliphatic hydroxyl groups excluding tert-OH is 1. The van der Waals surface area contributed by atoms with E-state index in [1.807, 2.05) is 0 Å². The average molecular weight is 278 g/mol. The molecule has 0 aliphatic heterocycles.